The van der Waals surface area contributed by atoms with E-state index in [1.807, 2.05) is 19.9 Å². The van der Waals surface area contributed by atoms with Gasteiger partial charge in [0.25, 0.3) is 0 Å². The molecule has 1 atom stereocenters. The van der Waals surface area contributed by atoms with E-state index in [1.54, 1.807) is 0 Å². The van der Waals surface area contributed by atoms with Gasteiger partial charge in [-0.3, -0.25) is 19.8 Å². The second-order valence-electron chi connectivity index (χ2n) is 8.48. The average molecular weight is 456 g/mol. The second kappa shape index (κ2) is 7.53. The summed E-state index contributed by atoms with van der Waals surface area (Å²) in [4.78, 5) is 25.5. The first-order valence-electron chi connectivity index (χ1n) is 9.70. The van der Waals surface area contributed by atoms with Crippen LogP contribution in [0.5, 0.6) is 0 Å². The molecular formula is C22H18F2N4O3S. The Kier molecular flexibility index (Phi) is 5.09. The molecule has 0 saturated carbocycles. The molecule has 2 aliphatic rings. The number of halogens is 2. The fourth-order valence-electron chi connectivity index (χ4n) is 4.35. The molecule has 32 heavy (non-hydrogen) atoms. The summed E-state index contributed by atoms with van der Waals surface area (Å²) in [5.41, 5.74) is 5.73. The molecule has 0 fully saturated rings. The first-order valence-corrected chi connectivity index (χ1v) is 10.5. The highest BCUT2D eigenvalue weighted by Crippen LogP contribution is 2.52. The third kappa shape index (κ3) is 3.35. The number of benzene rings is 1. The minimum Gasteiger partial charge on any atom is -0.384 e. The average Bonchev–Trinajstić information content (AvgIpc) is 3.18. The summed E-state index contributed by atoms with van der Waals surface area (Å²) in [6.07, 6.45) is 0.424. The molecule has 0 amide bonds. The molecule has 164 valence electrons. The number of nitrogens with two attached hydrogens (primary N) is 1. The lowest BCUT2D eigenvalue weighted by Crippen LogP contribution is -2.42. The molecule has 0 spiro atoms. The Morgan fingerprint density at radius 3 is 2.47 bits per heavy atom. The molecule has 4 rings (SSSR count). The summed E-state index contributed by atoms with van der Waals surface area (Å²) in [5, 5.41) is 21.0. The fraction of sp³-hybridized carbons (Fsp3) is 0.273. The van der Waals surface area contributed by atoms with E-state index in [9.17, 15) is 29.0 Å². The molecule has 2 heterocycles. The molecule has 0 radical (unpaired) electrons. The number of allylic oxidation sites excluding steroid dienone is 3. The van der Waals surface area contributed by atoms with Crippen LogP contribution in [-0.4, -0.2) is 10.7 Å². The summed E-state index contributed by atoms with van der Waals surface area (Å²) >= 11 is 0.837. The first-order chi connectivity index (χ1) is 15.1. The van der Waals surface area contributed by atoms with Crippen LogP contribution in [0.1, 0.15) is 37.5 Å². The molecule has 1 aromatic heterocycles. The third-order valence-corrected chi connectivity index (χ3v) is 6.72. The van der Waals surface area contributed by atoms with E-state index in [-0.39, 0.29) is 40.6 Å². The highest BCUT2D eigenvalue weighted by Gasteiger charge is 2.46. The number of hydrogen-bond acceptors (Lipinski definition) is 7. The van der Waals surface area contributed by atoms with E-state index in [1.165, 1.54) is 18.2 Å². The number of thiophene rings is 1. The summed E-state index contributed by atoms with van der Waals surface area (Å²) in [5.74, 6) is -3.22. The molecule has 1 aliphatic carbocycles. The number of para-hydroxylation sites is 1. The van der Waals surface area contributed by atoms with E-state index >= 15 is 0 Å². The van der Waals surface area contributed by atoms with Crippen LogP contribution in [0.2, 0.25) is 0 Å². The van der Waals surface area contributed by atoms with Crippen molar-refractivity contribution in [1.82, 2.24) is 0 Å². The van der Waals surface area contributed by atoms with E-state index < -0.39 is 33.6 Å². The zero-order valence-corrected chi connectivity index (χ0v) is 18.0. The number of ketones is 1. The minimum atomic E-state index is -0.941. The quantitative estimate of drug-likeness (QED) is 0.520. The maximum atomic E-state index is 14.8. The molecule has 0 saturated heterocycles. The van der Waals surface area contributed by atoms with Crippen molar-refractivity contribution in [2.24, 2.45) is 11.1 Å². The van der Waals surface area contributed by atoms with Crippen molar-refractivity contribution >= 4 is 27.8 Å². The molecular weight excluding hydrogens is 438 g/mol. The molecule has 2 aromatic rings. The number of carbonyl (C=O) groups excluding carboxylic acids is 1. The van der Waals surface area contributed by atoms with Crippen molar-refractivity contribution in [3.05, 3.63) is 79.6 Å². The Labute approximate surface area is 186 Å². The molecule has 1 aromatic carbocycles. The molecule has 7 nitrogen and oxygen atoms in total. The number of Topliss-reactive ketones (excluding diaryl/α,β-unsaturated/α-hetero) is 1. The predicted octanol–water partition coefficient (Wildman–Crippen LogP) is 4.88. The molecule has 1 aliphatic heterocycles. The number of nitro groups is 1. The number of carbonyl (C=O) groups is 1. The highest BCUT2D eigenvalue weighted by molar-refractivity contribution is 7.15. The summed E-state index contributed by atoms with van der Waals surface area (Å²) in [7, 11) is 0. The zero-order chi connectivity index (χ0) is 23.4. The van der Waals surface area contributed by atoms with E-state index in [0.717, 1.165) is 28.4 Å². The number of rotatable bonds is 3. The van der Waals surface area contributed by atoms with Gasteiger partial charge in [-0.15, -0.1) is 0 Å². The van der Waals surface area contributed by atoms with Crippen LogP contribution in [-0.2, 0) is 4.79 Å². The summed E-state index contributed by atoms with van der Waals surface area (Å²) in [6, 6.07) is 8.10. The van der Waals surface area contributed by atoms with Crippen LogP contribution in [0.4, 0.5) is 19.5 Å². The second-order valence-corrected chi connectivity index (χ2v) is 9.58. The fourth-order valence-corrected chi connectivity index (χ4v) is 5.29. The Morgan fingerprint density at radius 1 is 1.25 bits per heavy atom. The largest absolute Gasteiger partial charge is 0.384 e. The highest BCUT2D eigenvalue weighted by atomic mass is 32.1. The van der Waals surface area contributed by atoms with Gasteiger partial charge >= 0.3 is 5.00 Å². The number of nitrogens with zero attached hydrogens (tertiary/aromatic N) is 3. The van der Waals surface area contributed by atoms with Gasteiger partial charge in [-0.25, -0.2) is 8.78 Å². The van der Waals surface area contributed by atoms with Crippen LogP contribution in [0.25, 0.3) is 0 Å². The van der Waals surface area contributed by atoms with Gasteiger partial charge in [0.1, 0.15) is 23.1 Å². The van der Waals surface area contributed by atoms with Crippen molar-refractivity contribution < 1.29 is 18.5 Å². The molecule has 0 unspecified atom stereocenters. The van der Waals surface area contributed by atoms with Gasteiger partial charge in [0.2, 0.25) is 0 Å². The van der Waals surface area contributed by atoms with Crippen molar-refractivity contribution in [1.29, 1.82) is 5.26 Å². The summed E-state index contributed by atoms with van der Waals surface area (Å²) in [6.45, 7) is 3.71. The Hall–Kier alpha value is -3.58. The lowest BCUT2D eigenvalue weighted by Gasteiger charge is -2.43. The van der Waals surface area contributed by atoms with E-state index in [4.69, 9.17) is 5.73 Å². The molecule has 0 bridgehead atoms. The Morgan fingerprint density at radius 2 is 1.91 bits per heavy atom. The van der Waals surface area contributed by atoms with E-state index in [0.29, 0.717) is 10.6 Å². The Balaban J connectivity index is 2.03. The van der Waals surface area contributed by atoms with Gasteiger partial charge in [-0.05, 0) is 30.0 Å². The SMILES string of the molecule is CC1(C)CC(=O)C2=C(C1)N(c1c(F)cccc1F)C(N)=C(C#N)[C@H]2c1ccc([N+](=O)[O-])s1. The maximum Gasteiger partial charge on any atom is 0.324 e. The van der Waals surface area contributed by atoms with Gasteiger partial charge in [0, 0.05) is 28.6 Å². The van der Waals surface area contributed by atoms with Gasteiger partial charge in [-0.2, -0.15) is 5.26 Å². The lowest BCUT2D eigenvalue weighted by atomic mass is 9.69. The zero-order valence-electron chi connectivity index (χ0n) is 17.2. The van der Waals surface area contributed by atoms with Crippen LogP contribution >= 0.6 is 11.3 Å². The summed E-state index contributed by atoms with van der Waals surface area (Å²) < 4.78 is 29.6. The van der Waals surface area contributed by atoms with Gasteiger partial charge < -0.3 is 5.73 Å². The minimum absolute atomic E-state index is 0.0868. The molecule has 10 heteroatoms. The third-order valence-electron chi connectivity index (χ3n) is 5.62. The van der Waals surface area contributed by atoms with Gasteiger partial charge in [-0.1, -0.05) is 31.3 Å². The Bertz CT molecular complexity index is 1250. The number of nitriles is 1. The number of anilines is 1. The lowest BCUT2D eigenvalue weighted by molar-refractivity contribution is -0.380. The van der Waals surface area contributed by atoms with Crippen molar-refractivity contribution in [3.8, 4) is 6.07 Å². The van der Waals surface area contributed by atoms with Crippen molar-refractivity contribution in [2.75, 3.05) is 4.90 Å². The topological polar surface area (TPSA) is 113 Å². The van der Waals surface area contributed by atoms with Crippen molar-refractivity contribution in [3.63, 3.8) is 0 Å². The van der Waals surface area contributed by atoms with Crippen LogP contribution < -0.4 is 10.6 Å². The van der Waals surface area contributed by atoms with Gasteiger partial charge in [0.15, 0.2) is 5.78 Å². The normalized spacial score (nSPS) is 20.3. The van der Waals surface area contributed by atoms with Crippen LogP contribution in [0.3, 0.4) is 0 Å². The maximum absolute atomic E-state index is 14.8. The first kappa shape index (κ1) is 21.6. The van der Waals surface area contributed by atoms with E-state index in [2.05, 4.69) is 0 Å². The van der Waals surface area contributed by atoms with Gasteiger partial charge in [0.05, 0.1) is 22.5 Å². The van der Waals surface area contributed by atoms with Crippen molar-refractivity contribution in [2.45, 2.75) is 32.6 Å². The monoisotopic (exact) mass is 456 g/mol. The molecule has 2 N–H and O–H groups in total. The smallest absolute Gasteiger partial charge is 0.324 e. The standard InChI is InChI=1S/C22H18F2N4O3S/c1-22(2)8-14-19(15(29)9-22)18(16-6-7-17(32-16)28(30)31)11(10-25)21(26)27(14)20-12(23)4-3-5-13(20)24/h3-7,18H,8-9,26H2,1-2H3/t18-/m0/s1. The number of hydrogen-bond donors (Lipinski definition) is 1. The van der Waals surface area contributed by atoms with Crippen LogP contribution in [0.15, 0.2) is 53.0 Å². The predicted molar refractivity (Wildman–Crippen MR) is 114 cm³/mol. The van der Waals surface area contributed by atoms with Crippen LogP contribution in [0, 0.1) is 38.5 Å².